The largest absolute Gasteiger partial charge is 0.496 e. The van der Waals surface area contributed by atoms with Crippen LogP contribution < -0.4 is 19.6 Å². The second kappa shape index (κ2) is 9.85. The van der Waals surface area contributed by atoms with Crippen LogP contribution in [0.15, 0.2) is 87.5 Å². The number of benzene rings is 2. The van der Waals surface area contributed by atoms with E-state index in [9.17, 15) is 9.59 Å². The minimum Gasteiger partial charge on any atom is -0.496 e. The molecule has 2 aromatic carbocycles. The lowest BCUT2D eigenvalue weighted by Crippen LogP contribution is -2.39. The summed E-state index contributed by atoms with van der Waals surface area (Å²) in [5.41, 5.74) is 2.25. The quantitative estimate of drug-likeness (QED) is 0.374. The second-order valence-corrected chi connectivity index (χ2v) is 9.68. The van der Waals surface area contributed by atoms with E-state index < -0.39 is 12.0 Å². The fourth-order valence-electron chi connectivity index (χ4n) is 4.08. The third-order valence-corrected chi connectivity index (χ3v) is 7.52. The molecule has 0 bridgehead atoms. The van der Waals surface area contributed by atoms with Gasteiger partial charge in [0, 0.05) is 16.0 Å². The van der Waals surface area contributed by atoms with Crippen molar-refractivity contribution in [3.8, 4) is 5.75 Å². The van der Waals surface area contributed by atoms with Gasteiger partial charge in [-0.2, -0.15) is 0 Å². The fraction of sp³-hybridized carbons (Fsp3) is 0.148. The summed E-state index contributed by atoms with van der Waals surface area (Å²) in [6, 6.07) is 20.3. The molecule has 0 aliphatic carbocycles. The van der Waals surface area contributed by atoms with Crippen LogP contribution in [0.4, 0.5) is 0 Å². The molecule has 8 heteroatoms. The van der Waals surface area contributed by atoms with Crippen LogP contribution in [0.3, 0.4) is 0 Å². The molecule has 0 radical (unpaired) electrons. The molecule has 0 N–H and O–H groups in total. The van der Waals surface area contributed by atoms with Gasteiger partial charge in [-0.25, -0.2) is 9.79 Å². The number of nitrogens with zero attached hydrogens (tertiary/aromatic N) is 2. The molecule has 2 aromatic heterocycles. The van der Waals surface area contributed by atoms with Gasteiger partial charge in [-0.3, -0.25) is 9.36 Å². The summed E-state index contributed by atoms with van der Waals surface area (Å²) in [4.78, 5) is 33.3. The standard InChI is InChI=1S/C27H22N2O4S2/c1-3-33-26(31)22-23(17-10-5-4-6-11-17)28-27-29(24(22)20-14-9-15-34-20)25(30)21(35-27)16-18-12-7-8-13-19(18)32-2/h4-16,24H,3H2,1-2H3/b21-16-/t24-/m1/s1. The van der Waals surface area contributed by atoms with Gasteiger partial charge in [0.05, 0.1) is 29.5 Å². The Morgan fingerprint density at radius 3 is 2.57 bits per heavy atom. The summed E-state index contributed by atoms with van der Waals surface area (Å²) in [7, 11) is 1.60. The Morgan fingerprint density at radius 2 is 1.86 bits per heavy atom. The van der Waals surface area contributed by atoms with Crippen LogP contribution in [0.5, 0.6) is 5.75 Å². The van der Waals surface area contributed by atoms with Crippen LogP contribution in [-0.4, -0.2) is 24.3 Å². The first-order valence-corrected chi connectivity index (χ1v) is 12.8. The molecule has 35 heavy (non-hydrogen) atoms. The highest BCUT2D eigenvalue weighted by Crippen LogP contribution is 2.36. The van der Waals surface area contributed by atoms with Gasteiger partial charge in [-0.1, -0.05) is 65.9 Å². The minimum atomic E-state index is -0.639. The highest BCUT2D eigenvalue weighted by molar-refractivity contribution is 7.10. The summed E-state index contributed by atoms with van der Waals surface area (Å²) >= 11 is 2.78. The number of carbonyl (C=O) groups excluding carboxylic acids is 1. The third-order valence-electron chi connectivity index (χ3n) is 5.61. The van der Waals surface area contributed by atoms with Gasteiger partial charge in [-0.15, -0.1) is 11.3 Å². The molecule has 0 saturated heterocycles. The number of methoxy groups -OCH3 is 1. The van der Waals surface area contributed by atoms with Crippen molar-refractivity contribution in [2.75, 3.05) is 13.7 Å². The maximum absolute atomic E-state index is 13.8. The minimum absolute atomic E-state index is 0.216. The maximum Gasteiger partial charge on any atom is 0.338 e. The molecule has 1 atom stereocenters. The first kappa shape index (κ1) is 23.0. The summed E-state index contributed by atoms with van der Waals surface area (Å²) in [5.74, 6) is 0.192. The Bertz CT molecular complexity index is 1580. The second-order valence-electron chi connectivity index (χ2n) is 7.69. The van der Waals surface area contributed by atoms with E-state index in [2.05, 4.69) is 0 Å². The lowest BCUT2D eigenvalue weighted by atomic mass is 9.97. The molecule has 1 aliphatic rings. The van der Waals surface area contributed by atoms with E-state index in [1.165, 1.54) is 22.7 Å². The van der Waals surface area contributed by atoms with Gasteiger partial charge in [0.1, 0.15) is 11.8 Å². The van der Waals surface area contributed by atoms with Gasteiger partial charge in [-0.05, 0) is 30.5 Å². The van der Waals surface area contributed by atoms with Gasteiger partial charge in [0.25, 0.3) is 5.56 Å². The van der Waals surface area contributed by atoms with Gasteiger partial charge in [0.15, 0.2) is 4.80 Å². The van der Waals surface area contributed by atoms with Gasteiger partial charge < -0.3 is 9.47 Å². The van der Waals surface area contributed by atoms with E-state index in [1.54, 1.807) is 18.6 Å². The highest BCUT2D eigenvalue weighted by atomic mass is 32.1. The third kappa shape index (κ3) is 4.26. The number of fused-ring (bicyclic) bond motifs is 1. The lowest BCUT2D eigenvalue weighted by molar-refractivity contribution is -0.138. The van der Waals surface area contributed by atoms with Crippen molar-refractivity contribution in [3.63, 3.8) is 0 Å². The van der Waals surface area contributed by atoms with E-state index in [4.69, 9.17) is 14.5 Å². The fourth-order valence-corrected chi connectivity index (χ4v) is 5.90. The zero-order valence-corrected chi connectivity index (χ0v) is 20.8. The van der Waals surface area contributed by atoms with Crippen molar-refractivity contribution in [2.45, 2.75) is 13.0 Å². The number of rotatable bonds is 6. The van der Waals surface area contributed by atoms with E-state index in [1.807, 2.05) is 78.2 Å². The molecule has 4 aromatic rings. The van der Waals surface area contributed by atoms with Crippen molar-refractivity contribution >= 4 is 40.4 Å². The predicted octanol–water partition coefficient (Wildman–Crippen LogP) is 4.01. The average Bonchev–Trinajstić information content (AvgIpc) is 3.52. The SMILES string of the molecule is CCOC(=O)C1=C(c2ccccc2)N=c2s/c(=C\c3ccccc3OC)c(=O)n2[C@@H]1c1cccs1. The number of ether oxygens (including phenoxy) is 2. The average molecular weight is 503 g/mol. The topological polar surface area (TPSA) is 69.9 Å². The molecule has 0 saturated carbocycles. The number of para-hydroxylation sites is 1. The van der Waals surface area contributed by atoms with Crippen molar-refractivity contribution < 1.29 is 14.3 Å². The molecule has 0 spiro atoms. The molecule has 0 unspecified atom stereocenters. The Kier molecular flexibility index (Phi) is 6.48. The van der Waals surface area contributed by atoms with Crippen LogP contribution in [0, 0.1) is 0 Å². The molecular weight excluding hydrogens is 480 g/mol. The predicted molar refractivity (Wildman–Crippen MR) is 138 cm³/mol. The van der Waals surface area contributed by atoms with Gasteiger partial charge in [0.2, 0.25) is 0 Å². The van der Waals surface area contributed by atoms with Crippen LogP contribution >= 0.6 is 22.7 Å². The molecule has 0 fully saturated rings. The molecule has 3 heterocycles. The number of aromatic nitrogens is 1. The Hall–Kier alpha value is -3.75. The van der Waals surface area contributed by atoms with Crippen LogP contribution in [0.25, 0.3) is 11.8 Å². The van der Waals surface area contributed by atoms with E-state index in [0.717, 1.165) is 16.0 Å². The van der Waals surface area contributed by atoms with Crippen molar-refractivity contribution in [1.82, 2.24) is 4.57 Å². The van der Waals surface area contributed by atoms with Crippen molar-refractivity contribution in [1.29, 1.82) is 0 Å². The first-order chi connectivity index (χ1) is 17.1. The summed E-state index contributed by atoms with van der Waals surface area (Å²) in [6.45, 7) is 1.99. The van der Waals surface area contributed by atoms with Crippen molar-refractivity contribution in [2.24, 2.45) is 4.99 Å². The molecule has 6 nitrogen and oxygen atoms in total. The molecular formula is C27H22N2O4S2. The number of esters is 1. The number of hydrogen-bond acceptors (Lipinski definition) is 7. The molecule has 0 amide bonds. The first-order valence-electron chi connectivity index (χ1n) is 11.1. The molecule has 176 valence electrons. The van der Waals surface area contributed by atoms with Crippen LogP contribution in [0.1, 0.15) is 29.0 Å². The van der Waals surface area contributed by atoms with E-state index in [0.29, 0.717) is 26.4 Å². The maximum atomic E-state index is 13.8. The van der Waals surface area contributed by atoms with Crippen molar-refractivity contribution in [3.05, 3.63) is 113 Å². The molecule has 1 aliphatic heterocycles. The summed E-state index contributed by atoms with van der Waals surface area (Å²) < 4.78 is 13.0. The van der Waals surface area contributed by atoms with E-state index in [-0.39, 0.29) is 12.2 Å². The summed E-state index contributed by atoms with van der Waals surface area (Å²) in [6.07, 6.45) is 1.81. The Morgan fingerprint density at radius 1 is 1.09 bits per heavy atom. The number of carbonyl (C=O) groups is 1. The van der Waals surface area contributed by atoms with Crippen LogP contribution in [0.2, 0.25) is 0 Å². The number of thiophene rings is 1. The highest BCUT2D eigenvalue weighted by Gasteiger charge is 2.35. The van der Waals surface area contributed by atoms with Gasteiger partial charge >= 0.3 is 5.97 Å². The monoisotopic (exact) mass is 502 g/mol. The lowest BCUT2D eigenvalue weighted by Gasteiger charge is -2.24. The smallest absolute Gasteiger partial charge is 0.338 e. The zero-order chi connectivity index (χ0) is 24.4. The number of hydrogen-bond donors (Lipinski definition) is 0. The Balaban J connectivity index is 1.82. The normalized spacial score (nSPS) is 15.5. The van der Waals surface area contributed by atoms with Crippen LogP contribution in [-0.2, 0) is 9.53 Å². The Labute approximate surface area is 209 Å². The summed E-state index contributed by atoms with van der Waals surface area (Å²) in [5, 5.41) is 1.94. The zero-order valence-electron chi connectivity index (χ0n) is 19.1. The van der Waals surface area contributed by atoms with E-state index >= 15 is 0 Å². The number of thiazole rings is 1. The molecule has 5 rings (SSSR count).